The molecular weight excluding hydrogens is 513 g/mol. The normalized spacial score (nSPS) is 12.3. The lowest BCUT2D eigenvalue weighted by molar-refractivity contribution is -0.123. The predicted octanol–water partition coefficient (Wildman–Crippen LogP) is 5.84. The van der Waals surface area contributed by atoms with E-state index in [1.165, 1.54) is 19.4 Å². The number of hydrogen-bond acceptors (Lipinski definition) is 5. The smallest absolute Gasteiger partial charge is 0.274 e. The molecule has 0 aliphatic heterocycles. The summed E-state index contributed by atoms with van der Waals surface area (Å²) in [6.07, 6.45) is 1.98. The van der Waals surface area contributed by atoms with Gasteiger partial charge >= 0.3 is 0 Å². The number of benzene rings is 2. The third-order valence-electron chi connectivity index (χ3n) is 6.06. The standard InChI is InChI=1S/C28H29Cl2N3O4/c1-5-16(2)24(33-28(36)25-26(34)22(37-4)14-15-31-25)27(35)32-17(3)23(18-6-10-20(29)11-7-18)19-8-12-21(30)13-9-19/h6-16,24,34H,5H2,1-4H3,(H,32,35)(H,33,36)/t16-,24-/m0/s1. The molecule has 1 aromatic heterocycles. The van der Waals surface area contributed by atoms with E-state index in [0.717, 1.165) is 16.7 Å². The number of amides is 2. The molecule has 3 aromatic rings. The Morgan fingerprint density at radius 1 is 1.00 bits per heavy atom. The molecule has 1 heterocycles. The molecule has 2 atom stereocenters. The highest BCUT2D eigenvalue weighted by Crippen LogP contribution is 2.29. The second-order valence-electron chi connectivity index (χ2n) is 8.55. The second kappa shape index (κ2) is 12.6. The summed E-state index contributed by atoms with van der Waals surface area (Å²) < 4.78 is 5.06. The molecule has 2 aromatic carbocycles. The number of nitrogens with one attached hydrogen (secondary N) is 2. The van der Waals surface area contributed by atoms with E-state index in [1.54, 1.807) is 31.2 Å². The van der Waals surface area contributed by atoms with E-state index in [1.807, 2.05) is 38.1 Å². The molecule has 3 rings (SSSR count). The van der Waals surface area contributed by atoms with E-state index in [2.05, 4.69) is 15.6 Å². The van der Waals surface area contributed by atoms with Crippen molar-refractivity contribution in [2.75, 3.05) is 7.11 Å². The van der Waals surface area contributed by atoms with Crippen LogP contribution in [0.4, 0.5) is 0 Å². The zero-order valence-electron chi connectivity index (χ0n) is 21.0. The van der Waals surface area contributed by atoms with Crippen LogP contribution in [0.1, 0.15) is 48.8 Å². The highest BCUT2D eigenvalue weighted by Gasteiger charge is 2.29. The van der Waals surface area contributed by atoms with Crippen molar-refractivity contribution in [3.8, 4) is 11.5 Å². The van der Waals surface area contributed by atoms with Crippen LogP contribution in [0.15, 0.2) is 66.5 Å². The first-order valence-electron chi connectivity index (χ1n) is 11.7. The number of hydrogen-bond donors (Lipinski definition) is 3. The Bertz CT molecular complexity index is 1240. The van der Waals surface area contributed by atoms with E-state index >= 15 is 0 Å². The molecule has 0 radical (unpaired) electrons. The number of methoxy groups -OCH3 is 1. The summed E-state index contributed by atoms with van der Waals surface area (Å²) in [5, 5.41) is 17.2. The number of halogens is 2. The first-order chi connectivity index (χ1) is 17.7. The maximum Gasteiger partial charge on any atom is 0.274 e. The molecule has 2 amide bonds. The Kier molecular flexibility index (Phi) is 9.55. The van der Waals surface area contributed by atoms with Crippen molar-refractivity contribution in [3.05, 3.63) is 93.4 Å². The van der Waals surface area contributed by atoms with E-state index in [0.29, 0.717) is 22.2 Å². The molecule has 0 saturated heterocycles. The van der Waals surface area contributed by atoms with Crippen LogP contribution in [-0.4, -0.2) is 35.1 Å². The van der Waals surface area contributed by atoms with Crippen molar-refractivity contribution in [3.63, 3.8) is 0 Å². The number of aromatic nitrogens is 1. The predicted molar refractivity (Wildman–Crippen MR) is 146 cm³/mol. The fraction of sp³-hybridized carbons (Fsp3) is 0.250. The molecule has 9 heteroatoms. The summed E-state index contributed by atoms with van der Waals surface area (Å²) in [5.74, 6) is -1.58. The number of carbonyl (C=O) groups is 2. The average Bonchev–Trinajstić information content (AvgIpc) is 2.89. The molecule has 3 N–H and O–H groups in total. The van der Waals surface area contributed by atoms with E-state index in [9.17, 15) is 14.7 Å². The first kappa shape index (κ1) is 28.0. The van der Waals surface area contributed by atoms with Crippen LogP contribution in [0, 0.1) is 5.92 Å². The number of nitrogens with zero attached hydrogens (tertiary/aromatic N) is 1. The lowest BCUT2D eigenvalue weighted by Gasteiger charge is -2.25. The van der Waals surface area contributed by atoms with Gasteiger partial charge in [0.2, 0.25) is 5.91 Å². The summed E-state index contributed by atoms with van der Waals surface area (Å²) in [5.41, 5.74) is 2.83. The molecule has 0 spiro atoms. The van der Waals surface area contributed by atoms with Crippen molar-refractivity contribution >= 4 is 40.6 Å². The van der Waals surface area contributed by atoms with Gasteiger partial charge in [0.1, 0.15) is 6.04 Å². The van der Waals surface area contributed by atoms with E-state index in [-0.39, 0.29) is 17.4 Å². The second-order valence-corrected chi connectivity index (χ2v) is 9.42. The van der Waals surface area contributed by atoms with E-state index < -0.39 is 23.6 Å². The van der Waals surface area contributed by atoms with Gasteiger partial charge in [0.15, 0.2) is 17.2 Å². The number of allylic oxidation sites excluding steroid dienone is 1. The van der Waals surface area contributed by atoms with Crippen LogP contribution < -0.4 is 15.4 Å². The van der Waals surface area contributed by atoms with Crippen LogP contribution in [0.2, 0.25) is 10.0 Å². The van der Waals surface area contributed by atoms with Gasteiger partial charge in [-0.25, -0.2) is 4.98 Å². The van der Waals surface area contributed by atoms with Gasteiger partial charge in [-0.1, -0.05) is 67.7 Å². The summed E-state index contributed by atoms with van der Waals surface area (Å²) in [6, 6.07) is 15.1. The summed E-state index contributed by atoms with van der Waals surface area (Å²) in [4.78, 5) is 30.4. The maximum absolute atomic E-state index is 13.5. The Hall–Kier alpha value is -3.55. The zero-order chi connectivity index (χ0) is 27.1. The first-order valence-corrected chi connectivity index (χ1v) is 12.5. The van der Waals surface area contributed by atoms with Crippen LogP contribution in [0.25, 0.3) is 5.57 Å². The molecular formula is C28H29Cl2N3O4. The highest BCUT2D eigenvalue weighted by molar-refractivity contribution is 6.31. The topological polar surface area (TPSA) is 101 Å². The Morgan fingerprint density at radius 2 is 1.54 bits per heavy atom. The number of ether oxygens (including phenoxy) is 1. The van der Waals surface area contributed by atoms with Gasteiger partial charge in [-0.3, -0.25) is 9.59 Å². The Balaban J connectivity index is 1.95. The summed E-state index contributed by atoms with van der Waals surface area (Å²) in [6.45, 7) is 5.58. The van der Waals surface area contributed by atoms with Gasteiger partial charge in [-0.2, -0.15) is 0 Å². The molecule has 0 bridgehead atoms. The third kappa shape index (κ3) is 6.81. The molecule has 194 valence electrons. The van der Waals surface area contributed by atoms with Gasteiger partial charge in [0, 0.05) is 33.6 Å². The van der Waals surface area contributed by atoms with Crippen molar-refractivity contribution in [2.45, 2.75) is 33.2 Å². The van der Waals surface area contributed by atoms with Gasteiger partial charge in [0.05, 0.1) is 7.11 Å². The van der Waals surface area contributed by atoms with Crippen molar-refractivity contribution < 1.29 is 19.4 Å². The monoisotopic (exact) mass is 541 g/mol. The SMILES string of the molecule is CC[C@H](C)[C@H](NC(=O)c1nccc(OC)c1O)C(=O)NC(C)=C(c1ccc(Cl)cc1)c1ccc(Cl)cc1. The minimum atomic E-state index is -0.892. The third-order valence-corrected chi connectivity index (χ3v) is 6.56. The number of carbonyl (C=O) groups excluding carboxylic acids is 2. The van der Waals surface area contributed by atoms with Crippen LogP contribution >= 0.6 is 23.2 Å². The molecule has 7 nitrogen and oxygen atoms in total. The van der Waals surface area contributed by atoms with Crippen LogP contribution in [0.5, 0.6) is 11.5 Å². The number of aromatic hydroxyl groups is 1. The van der Waals surface area contributed by atoms with Crippen molar-refractivity contribution in [1.82, 2.24) is 15.6 Å². The Morgan fingerprint density at radius 3 is 2.03 bits per heavy atom. The lowest BCUT2D eigenvalue weighted by atomic mass is 9.95. The molecule has 0 saturated carbocycles. The van der Waals surface area contributed by atoms with Crippen molar-refractivity contribution in [1.29, 1.82) is 0 Å². The fourth-order valence-electron chi connectivity index (χ4n) is 3.84. The van der Waals surface area contributed by atoms with Gasteiger partial charge in [0.25, 0.3) is 5.91 Å². The largest absolute Gasteiger partial charge is 0.503 e. The summed E-state index contributed by atoms with van der Waals surface area (Å²) in [7, 11) is 1.38. The van der Waals surface area contributed by atoms with Crippen LogP contribution in [-0.2, 0) is 4.79 Å². The minimum Gasteiger partial charge on any atom is -0.503 e. The highest BCUT2D eigenvalue weighted by atomic mass is 35.5. The lowest BCUT2D eigenvalue weighted by Crippen LogP contribution is -2.50. The minimum absolute atomic E-state index is 0.110. The maximum atomic E-state index is 13.5. The Labute approximate surface area is 226 Å². The zero-order valence-corrected chi connectivity index (χ0v) is 22.5. The van der Waals surface area contributed by atoms with Gasteiger partial charge in [-0.05, 0) is 48.2 Å². The van der Waals surface area contributed by atoms with Gasteiger partial charge in [-0.15, -0.1) is 0 Å². The number of rotatable bonds is 9. The van der Waals surface area contributed by atoms with Crippen molar-refractivity contribution in [2.24, 2.45) is 5.92 Å². The molecule has 0 unspecified atom stereocenters. The molecule has 0 aliphatic carbocycles. The van der Waals surface area contributed by atoms with Gasteiger partial charge < -0.3 is 20.5 Å². The fourth-order valence-corrected chi connectivity index (χ4v) is 4.09. The molecule has 0 fully saturated rings. The molecule has 0 aliphatic rings. The number of pyridine rings is 1. The summed E-state index contributed by atoms with van der Waals surface area (Å²) >= 11 is 12.2. The van der Waals surface area contributed by atoms with E-state index in [4.69, 9.17) is 27.9 Å². The quantitative estimate of drug-likeness (QED) is 0.315. The average molecular weight is 542 g/mol. The van der Waals surface area contributed by atoms with Crippen LogP contribution in [0.3, 0.4) is 0 Å². The molecule has 37 heavy (non-hydrogen) atoms.